The Balaban J connectivity index is 1.74. The van der Waals surface area contributed by atoms with Crippen molar-refractivity contribution >= 4 is 5.91 Å². The lowest BCUT2D eigenvalue weighted by Gasteiger charge is -2.24. The van der Waals surface area contributed by atoms with Crippen LogP contribution in [-0.2, 0) is 0 Å². The van der Waals surface area contributed by atoms with E-state index in [-0.39, 0.29) is 17.4 Å². The molecular formula is C20H24FN3O. The van der Waals surface area contributed by atoms with E-state index in [1.165, 1.54) is 18.9 Å². The van der Waals surface area contributed by atoms with Crippen LogP contribution in [0.5, 0.6) is 0 Å². The maximum Gasteiger partial charge on any atom is 0.253 e. The van der Waals surface area contributed by atoms with E-state index in [1.54, 1.807) is 36.5 Å². The molecule has 1 amide bonds. The highest BCUT2D eigenvalue weighted by Crippen LogP contribution is 2.21. The highest BCUT2D eigenvalue weighted by atomic mass is 19.1. The molecular weight excluding hydrogens is 317 g/mol. The quantitative estimate of drug-likeness (QED) is 0.807. The lowest BCUT2D eigenvalue weighted by molar-refractivity contribution is 0.0749. The van der Waals surface area contributed by atoms with Gasteiger partial charge in [0.25, 0.3) is 5.91 Å². The molecule has 1 saturated heterocycles. The number of hydrogen-bond donors (Lipinski definition) is 0. The summed E-state index contributed by atoms with van der Waals surface area (Å²) in [5, 5.41) is 0. The van der Waals surface area contributed by atoms with Crippen LogP contribution >= 0.6 is 0 Å². The molecule has 0 saturated carbocycles. The Kier molecular flexibility index (Phi) is 5.76. The molecule has 0 aliphatic carbocycles. The average Bonchev–Trinajstić information content (AvgIpc) is 3.16. The molecule has 1 aromatic carbocycles. The molecule has 0 bridgehead atoms. The lowest BCUT2D eigenvalue weighted by atomic mass is 10.1. The van der Waals surface area contributed by atoms with Crippen molar-refractivity contribution in [1.82, 2.24) is 14.8 Å². The van der Waals surface area contributed by atoms with Crippen LogP contribution in [0.3, 0.4) is 0 Å². The second-order valence-corrected chi connectivity index (χ2v) is 6.35. The fourth-order valence-electron chi connectivity index (χ4n) is 3.25. The highest BCUT2D eigenvalue weighted by molar-refractivity contribution is 5.95. The van der Waals surface area contributed by atoms with Gasteiger partial charge in [0, 0.05) is 37.0 Å². The summed E-state index contributed by atoms with van der Waals surface area (Å²) >= 11 is 0. The Bertz CT molecular complexity index is 728. The third-order valence-electron chi connectivity index (χ3n) is 4.70. The third kappa shape index (κ3) is 4.23. The molecule has 0 N–H and O–H groups in total. The van der Waals surface area contributed by atoms with Crippen molar-refractivity contribution in [3.63, 3.8) is 0 Å². The van der Waals surface area contributed by atoms with Crippen molar-refractivity contribution < 1.29 is 9.18 Å². The Hall–Kier alpha value is -2.27. The van der Waals surface area contributed by atoms with Gasteiger partial charge in [-0.25, -0.2) is 4.39 Å². The summed E-state index contributed by atoms with van der Waals surface area (Å²) in [7, 11) is 0. The molecule has 5 heteroatoms. The molecule has 1 fully saturated rings. The summed E-state index contributed by atoms with van der Waals surface area (Å²) in [6.07, 6.45) is 4.05. The van der Waals surface area contributed by atoms with Gasteiger partial charge < -0.3 is 9.80 Å². The van der Waals surface area contributed by atoms with E-state index in [4.69, 9.17) is 0 Å². The van der Waals surface area contributed by atoms with Crippen LogP contribution in [0.25, 0.3) is 11.3 Å². The highest BCUT2D eigenvalue weighted by Gasteiger charge is 2.18. The minimum absolute atomic E-state index is 0.0140. The summed E-state index contributed by atoms with van der Waals surface area (Å²) in [5.41, 5.74) is 1.47. The van der Waals surface area contributed by atoms with Crippen LogP contribution in [0.15, 0.2) is 42.6 Å². The third-order valence-corrected chi connectivity index (χ3v) is 4.70. The molecule has 25 heavy (non-hydrogen) atoms. The first-order valence-corrected chi connectivity index (χ1v) is 8.91. The first kappa shape index (κ1) is 17.5. The van der Waals surface area contributed by atoms with Gasteiger partial charge >= 0.3 is 0 Å². The Morgan fingerprint density at radius 2 is 2.04 bits per heavy atom. The van der Waals surface area contributed by atoms with Gasteiger partial charge in [-0.05, 0) is 57.1 Å². The zero-order valence-electron chi connectivity index (χ0n) is 14.6. The number of likely N-dealkylation sites (tertiary alicyclic amines) is 1. The van der Waals surface area contributed by atoms with Gasteiger partial charge in [-0.3, -0.25) is 9.78 Å². The fourth-order valence-corrected chi connectivity index (χ4v) is 3.25. The monoisotopic (exact) mass is 341 g/mol. The molecule has 0 radical (unpaired) electrons. The summed E-state index contributed by atoms with van der Waals surface area (Å²) in [6, 6.07) is 10.0. The van der Waals surface area contributed by atoms with E-state index < -0.39 is 0 Å². The van der Waals surface area contributed by atoms with Gasteiger partial charge in [-0.15, -0.1) is 0 Å². The minimum atomic E-state index is -0.381. The summed E-state index contributed by atoms with van der Waals surface area (Å²) in [6.45, 7) is 6.53. The van der Waals surface area contributed by atoms with Crippen molar-refractivity contribution in [1.29, 1.82) is 0 Å². The summed E-state index contributed by atoms with van der Waals surface area (Å²) in [5.74, 6) is -0.395. The second-order valence-electron chi connectivity index (χ2n) is 6.35. The number of hydrogen-bond acceptors (Lipinski definition) is 3. The van der Waals surface area contributed by atoms with Crippen molar-refractivity contribution in [3.8, 4) is 11.3 Å². The van der Waals surface area contributed by atoms with E-state index in [1.807, 2.05) is 11.8 Å². The number of halogens is 1. The molecule has 2 aromatic rings. The van der Waals surface area contributed by atoms with E-state index in [0.717, 1.165) is 26.2 Å². The molecule has 132 valence electrons. The molecule has 1 aromatic heterocycles. The molecule has 4 nitrogen and oxygen atoms in total. The molecule has 1 aliphatic heterocycles. The number of carbonyl (C=O) groups excluding carboxylic acids is 1. The summed E-state index contributed by atoms with van der Waals surface area (Å²) in [4.78, 5) is 21.2. The molecule has 0 spiro atoms. The fraction of sp³-hybridized carbons (Fsp3) is 0.400. The van der Waals surface area contributed by atoms with Gasteiger partial charge in [0.15, 0.2) is 0 Å². The van der Waals surface area contributed by atoms with Crippen molar-refractivity contribution in [2.24, 2.45) is 0 Å². The van der Waals surface area contributed by atoms with Crippen LogP contribution in [0.1, 0.15) is 30.1 Å². The number of rotatable bonds is 6. The molecule has 3 rings (SSSR count). The number of likely N-dealkylation sites (N-methyl/N-ethyl adjacent to an activating group) is 1. The maximum absolute atomic E-state index is 14.0. The van der Waals surface area contributed by atoms with Crippen LogP contribution in [0.4, 0.5) is 4.39 Å². The SMILES string of the molecule is CCN(CCN1CCCC1)C(=O)c1cccc(-c2ncccc2F)c1. The number of pyridine rings is 1. The Morgan fingerprint density at radius 3 is 2.76 bits per heavy atom. The lowest BCUT2D eigenvalue weighted by Crippen LogP contribution is -2.37. The second kappa shape index (κ2) is 8.21. The molecule has 2 heterocycles. The Labute approximate surface area is 148 Å². The molecule has 0 atom stereocenters. The average molecular weight is 341 g/mol. The number of benzene rings is 1. The smallest absolute Gasteiger partial charge is 0.253 e. The van der Waals surface area contributed by atoms with Gasteiger partial charge in [0.05, 0.1) is 0 Å². The van der Waals surface area contributed by atoms with Crippen LogP contribution in [0.2, 0.25) is 0 Å². The summed E-state index contributed by atoms with van der Waals surface area (Å²) < 4.78 is 14.0. The van der Waals surface area contributed by atoms with Gasteiger partial charge in [-0.1, -0.05) is 12.1 Å². The number of carbonyl (C=O) groups is 1. The largest absolute Gasteiger partial charge is 0.338 e. The predicted molar refractivity (Wildman–Crippen MR) is 96.9 cm³/mol. The van der Waals surface area contributed by atoms with E-state index in [9.17, 15) is 9.18 Å². The topological polar surface area (TPSA) is 36.4 Å². The van der Waals surface area contributed by atoms with E-state index in [2.05, 4.69) is 9.88 Å². The van der Waals surface area contributed by atoms with Crippen LogP contribution in [0, 0.1) is 5.82 Å². The van der Waals surface area contributed by atoms with Crippen molar-refractivity contribution in [2.75, 3.05) is 32.7 Å². The van der Waals surface area contributed by atoms with E-state index >= 15 is 0 Å². The van der Waals surface area contributed by atoms with Crippen molar-refractivity contribution in [3.05, 3.63) is 54.0 Å². The van der Waals surface area contributed by atoms with Gasteiger partial charge in [0.1, 0.15) is 11.5 Å². The van der Waals surface area contributed by atoms with Gasteiger partial charge in [0.2, 0.25) is 0 Å². The predicted octanol–water partition coefficient (Wildman–Crippen LogP) is 3.45. The van der Waals surface area contributed by atoms with Gasteiger partial charge in [-0.2, -0.15) is 0 Å². The normalized spacial score (nSPS) is 14.6. The number of aromatic nitrogens is 1. The van der Waals surface area contributed by atoms with Crippen molar-refractivity contribution in [2.45, 2.75) is 19.8 Å². The Morgan fingerprint density at radius 1 is 1.24 bits per heavy atom. The maximum atomic E-state index is 14.0. The first-order chi connectivity index (χ1) is 12.2. The van der Waals surface area contributed by atoms with Crippen LogP contribution in [-0.4, -0.2) is 53.4 Å². The molecule has 1 aliphatic rings. The number of amides is 1. The first-order valence-electron chi connectivity index (χ1n) is 8.91. The van der Waals surface area contributed by atoms with E-state index in [0.29, 0.717) is 17.7 Å². The zero-order valence-corrected chi connectivity index (χ0v) is 14.6. The zero-order chi connectivity index (χ0) is 17.6. The van der Waals surface area contributed by atoms with Crippen LogP contribution < -0.4 is 0 Å². The number of nitrogens with zero attached hydrogens (tertiary/aromatic N) is 3. The standard InChI is InChI=1S/C20H24FN3O/c1-2-24(14-13-23-11-3-4-12-23)20(25)17-8-5-7-16(15-17)19-18(21)9-6-10-22-19/h5-10,15H,2-4,11-14H2,1H3. The molecule has 0 unspecified atom stereocenters. The minimum Gasteiger partial charge on any atom is -0.338 e.